The van der Waals surface area contributed by atoms with Gasteiger partial charge in [0, 0.05) is 7.11 Å². The summed E-state index contributed by atoms with van der Waals surface area (Å²) in [6.07, 6.45) is -0.000532. The molecule has 1 fully saturated rings. The molecule has 0 amide bonds. The summed E-state index contributed by atoms with van der Waals surface area (Å²) in [7, 11) is 1.62. The summed E-state index contributed by atoms with van der Waals surface area (Å²) in [5.41, 5.74) is 0. The fraction of sp³-hybridized carbons (Fsp3) is 1.00. The fourth-order valence-electron chi connectivity index (χ4n) is 1.20. The molecule has 0 unspecified atom stereocenters. The monoisotopic (exact) mass is 204 g/mol. The van der Waals surface area contributed by atoms with E-state index in [0.717, 1.165) is 0 Å². The zero-order chi connectivity index (χ0) is 10.8. The summed E-state index contributed by atoms with van der Waals surface area (Å²) >= 11 is 0. The second kappa shape index (κ2) is 4.14. The Bertz CT molecular complexity index is 189. The minimum atomic E-state index is -0.559. The van der Waals surface area contributed by atoms with Gasteiger partial charge in [-0.05, 0) is 27.7 Å². The molecule has 84 valence electrons. The van der Waals surface area contributed by atoms with Crippen molar-refractivity contribution in [1.82, 2.24) is 0 Å². The maximum absolute atomic E-state index is 5.59. The zero-order valence-electron chi connectivity index (χ0n) is 9.62. The minimum Gasteiger partial charge on any atom is -0.354 e. The lowest BCUT2D eigenvalue weighted by Gasteiger charge is -2.25. The highest BCUT2D eigenvalue weighted by atomic mass is 16.8. The molecule has 0 aromatic carbocycles. The Hall–Kier alpha value is -0.160. The maximum Gasteiger partial charge on any atom is 0.163 e. The van der Waals surface area contributed by atoms with E-state index >= 15 is 0 Å². The number of methoxy groups -OCH3 is 1. The summed E-state index contributed by atoms with van der Waals surface area (Å²) in [5.74, 6) is -1.04. The molecule has 1 heterocycles. The lowest BCUT2D eigenvalue weighted by atomic mass is 10.3. The molecule has 1 rings (SSSR count). The van der Waals surface area contributed by atoms with Gasteiger partial charge in [0.2, 0.25) is 0 Å². The molecular formula is C10H20O4. The molecule has 0 bridgehead atoms. The van der Waals surface area contributed by atoms with Crippen LogP contribution in [0, 0.1) is 0 Å². The molecule has 0 saturated carbocycles. The third-order valence-corrected chi connectivity index (χ3v) is 2.18. The van der Waals surface area contributed by atoms with E-state index in [-0.39, 0.29) is 6.10 Å². The van der Waals surface area contributed by atoms with E-state index in [1.165, 1.54) is 0 Å². The first-order valence-corrected chi connectivity index (χ1v) is 4.85. The molecule has 0 aromatic heterocycles. The molecule has 1 aliphatic heterocycles. The Kier molecular flexibility index (Phi) is 3.53. The van der Waals surface area contributed by atoms with Crippen LogP contribution in [0.3, 0.4) is 0 Å². The molecule has 0 spiro atoms. The first-order chi connectivity index (χ1) is 6.35. The van der Waals surface area contributed by atoms with Crippen molar-refractivity contribution in [3.05, 3.63) is 0 Å². The summed E-state index contributed by atoms with van der Waals surface area (Å²) in [5, 5.41) is 0. The number of ether oxygens (including phenoxy) is 4. The molecule has 14 heavy (non-hydrogen) atoms. The number of hydrogen-bond donors (Lipinski definition) is 0. The van der Waals surface area contributed by atoms with Crippen molar-refractivity contribution in [2.24, 2.45) is 0 Å². The van der Waals surface area contributed by atoms with Gasteiger partial charge < -0.3 is 18.9 Å². The van der Waals surface area contributed by atoms with E-state index in [1.807, 2.05) is 27.7 Å². The van der Waals surface area contributed by atoms with E-state index in [9.17, 15) is 0 Å². The predicted molar refractivity (Wildman–Crippen MR) is 51.9 cm³/mol. The van der Waals surface area contributed by atoms with Gasteiger partial charge in [0.1, 0.15) is 6.10 Å². The van der Waals surface area contributed by atoms with E-state index in [1.54, 1.807) is 7.11 Å². The second-order valence-corrected chi connectivity index (χ2v) is 4.37. The first-order valence-electron chi connectivity index (χ1n) is 4.85. The van der Waals surface area contributed by atoms with Gasteiger partial charge in [-0.2, -0.15) is 0 Å². The van der Waals surface area contributed by atoms with Crippen LogP contribution < -0.4 is 0 Å². The molecular weight excluding hydrogens is 184 g/mol. The van der Waals surface area contributed by atoms with Gasteiger partial charge in [-0.25, -0.2) is 0 Å². The van der Waals surface area contributed by atoms with E-state index in [4.69, 9.17) is 18.9 Å². The Morgan fingerprint density at radius 3 is 2.50 bits per heavy atom. The van der Waals surface area contributed by atoms with Gasteiger partial charge in [-0.1, -0.05) is 0 Å². The van der Waals surface area contributed by atoms with Crippen LogP contribution in [-0.4, -0.2) is 38.0 Å². The Balaban J connectivity index is 2.27. The van der Waals surface area contributed by atoms with Crippen LogP contribution in [0.1, 0.15) is 27.7 Å². The Morgan fingerprint density at radius 2 is 2.07 bits per heavy atom. The minimum absolute atomic E-state index is 0.000532. The van der Waals surface area contributed by atoms with Crippen LogP contribution in [0.5, 0.6) is 0 Å². The molecule has 1 saturated heterocycles. The number of hydrogen-bond acceptors (Lipinski definition) is 4. The van der Waals surface area contributed by atoms with Gasteiger partial charge in [-0.3, -0.25) is 0 Å². The van der Waals surface area contributed by atoms with Crippen LogP contribution >= 0.6 is 0 Å². The van der Waals surface area contributed by atoms with Crippen molar-refractivity contribution < 1.29 is 18.9 Å². The maximum atomic E-state index is 5.59. The van der Waals surface area contributed by atoms with Crippen molar-refractivity contribution in [2.45, 2.75) is 45.4 Å². The highest BCUT2D eigenvalue weighted by Gasteiger charge is 2.33. The van der Waals surface area contributed by atoms with Crippen LogP contribution in [0.15, 0.2) is 0 Å². The summed E-state index contributed by atoms with van der Waals surface area (Å²) in [6, 6.07) is 0. The molecule has 0 radical (unpaired) electrons. The van der Waals surface area contributed by atoms with Gasteiger partial charge in [0.05, 0.1) is 13.2 Å². The van der Waals surface area contributed by atoms with E-state index < -0.39 is 11.6 Å². The topological polar surface area (TPSA) is 36.9 Å². The zero-order valence-corrected chi connectivity index (χ0v) is 9.62. The third-order valence-electron chi connectivity index (χ3n) is 2.18. The van der Waals surface area contributed by atoms with Crippen LogP contribution in [0.2, 0.25) is 0 Å². The fourth-order valence-corrected chi connectivity index (χ4v) is 1.20. The lowest BCUT2D eigenvalue weighted by molar-refractivity contribution is -0.217. The molecule has 4 nitrogen and oxygen atoms in total. The SMILES string of the molecule is COC(C)(C)OC[C@H]1COC(C)(C)O1. The molecule has 0 aromatic rings. The molecule has 0 N–H and O–H groups in total. The van der Waals surface area contributed by atoms with Crippen molar-refractivity contribution in [3.8, 4) is 0 Å². The van der Waals surface area contributed by atoms with Gasteiger partial charge in [-0.15, -0.1) is 0 Å². The second-order valence-electron chi connectivity index (χ2n) is 4.37. The average Bonchev–Trinajstić information content (AvgIpc) is 2.43. The normalized spacial score (nSPS) is 26.8. The van der Waals surface area contributed by atoms with E-state index in [0.29, 0.717) is 13.2 Å². The quantitative estimate of drug-likeness (QED) is 0.651. The summed E-state index contributed by atoms with van der Waals surface area (Å²) in [6.45, 7) is 8.60. The summed E-state index contributed by atoms with van der Waals surface area (Å²) in [4.78, 5) is 0. The Labute approximate surface area is 85.5 Å². The highest BCUT2D eigenvalue weighted by molar-refractivity contribution is 4.71. The van der Waals surface area contributed by atoms with Crippen LogP contribution in [0.25, 0.3) is 0 Å². The van der Waals surface area contributed by atoms with Gasteiger partial charge >= 0.3 is 0 Å². The lowest BCUT2D eigenvalue weighted by Crippen LogP contribution is -2.32. The van der Waals surface area contributed by atoms with Crippen molar-refractivity contribution in [1.29, 1.82) is 0 Å². The van der Waals surface area contributed by atoms with E-state index in [2.05, 4.69) is 0 Å². The smallest absolute Gasteiger partial charge is 0.163 e. The highest BCUT2D eigenvalue weighted by Crippen LogP contribution is 2.23. The molecule has 4 heteroatoms. The molecule has 0 aliphatic carbocycles. The van der Waals surface area contributed by atoms with Gasteiger partial charge in [0.25, 0.3) is 0 Å². The van der Waals surface area contributed by atoms with Crippen molar-refractivity contribution >= 4 is 0 Å². The van der Waals surface area contributed by atoms with Crippen molar-refractivity contribution in [3.63, 3.8) is 0 Å². The third kappa shape index (κ3) is 3.53. The average molecular weight is 204 g/mol. The first kappa shape index (κ1) is 11.9. The molecule has 1 atom stereocenters. The largest absolute Gasteiger partial charge is 0.354 e. The van der Waals surface area contributed by atoms with Crippen molar-refractivity contribution in [2.75, 3.05) is 20.3 Å². The number of rotatable bonds is 4. The van der Waals surface area contributed by atoms with Crippen LogP contribution in [-0.2, 0) is 18.9 Å². The molecule has 1 aliphatic rings. The summed E-state index contributed by atoms with van der Waals surface area (Å²) < 4.78 is 21.7. The Morgan fingerprint density at radius 1 is 1.43 bits per heavy atom. The predicted octanol–water partition coefficient (Wildman–Crippen LogP) is 1.54. The van der Waals surface area contributed by atoms with Gasteiger partial charge in [0.15, 0.2) is 11.6 Å². The van der Waals surface area contributed by atoms with Crippen LogP contribution in [0.4, 0.5) is 0 Å². The standard InChI is InChI=1S/C10H20O4/c1-9(2,11-5)12-6-8-7-13-10(3,4)14-8/h8H,6-7H2,1-5H3/t8-/m0/s1.